The van der Waals surface area contributed by atoms with E-state index in [4.69, 9.17) is 0 Å². The maximum absolute atomic E-state index is 13.5. The molecule has 0 aromatic heterocycles. The highest BCUT2D eigenvalue weighted by Gasteiger charge is 2.33. The molecule has 0 unspecified atom stereocenters. The van der Waals surface area contributed by atoms with Gasteiger partial charge in [0.25, 0.3) is 15.7 Å². The molecule has 0 saturated heterocycles. The Morgan fingerprint density at radius 3 is 2.12 bits per heavy atom. The maximum Gasteiger partial charge on any atom is 0.289 e. The minimum absolute atomic E-state index is 0.221. The van der Waals surface area contributed by atoms with Gasteiger partial charge in [0, 0.05) is 11.8 Å². The van der Waals surface area contributed by atoms with Crippen LogP contribution in [0.25, 0.3) is 0 Å². The zero-order valence-electron chi connectivity index (χ0n) is 17.9. The minimum atomic E-state index is -4.41. The summed E-state index contributed by atoms with van der Waals surface area (Å²) in [6.45, 7) is 5.11. The number of rotatable bonds is 7. The van der Waals surface area contributed by atoms with Gasteiger partial charge in [-0.2, -0.15) is 0 Å². The fourth-order valence-electron chi connectivity index (χ4n) is 3.54. The van der Waals surface area contributed by atoms with E-state index in [0.29, 0.717) is 5.69 Å². The third kappa shape index (κ3) is 4.78. The second-order valence-corrected chi connectivity index (χ2v) is 9.22. The lowest BCUT2D eigenvalue weighted by Gasteiger charge is -2.24. The molecule has 3 aromatic carbocycles. The predicted octanol–water partition coefficient (Wildman–Crippen LogP) is 4.35. The van der Waals surface area contributed by atoms with Crippen molar-refractivity contribution in [1.82, 2.24) is 0 Å². The molecule has 8 nitrogen and oxygen atoms in total. The number of hydrogen-bond donors (Lipinski definition) is 1. The SMILES string of the molecule is Cc1cc(C)c(NC(=O)CN(c2ccccc2)S(=O)(=O)c2ccccc2[N+](=O)[O-])c(C)c1. The van der Waals surface area contributed by atoms with Crippen molar-refractivity contribution in [1.29, 1.82) is 0 Å². The molecule has 0 aliphatic heterocycles. The van der Waals surface area contributed by atoms with Crippen molar-refractivity contribution in [3.8, 4) is 0 Å². The second-order valence-electron chi connectivity index (χ2n) is 7.39. The van der Waals surface area contributed by atoms with Crippen LogP contribution in [0.5, 0.6) is 0 Å². The van der Waals surface area contributed by atoms with Crippen molar-refractivity contribution < 1.29 is 18.1 Å². The third-order valence-corrected chi connectivity index (χ3v) is 6.72. The van der Waals surface area contributed by atoms with Crippen LogP contribution in [-0.2, 0) is 14.8 Å². The van der Waals surface area contributed by atoms with Crippen molar-refractivity contribution >= 4 is 33.0 Å². The number of nitrogens with zero attached hydrogens (tertiary/aromatic N) is 2. The van der Waals surface area contributed by atoms with E-state index in [1.54, 1.807) is 18.2 Å². The zero-order valence-corrected chi connectivity index (χ0v) is 18.7. The lowest BCUT2D eigenvalue weighted by atomic mass is 10.1. The summed E-state index contributed by atoms with van der Waals surface area (Å²) in [5, 5.41) is 14.2. The van der Waals surface area contributed by atoms with Crippen molar-refractivity contribution in [3.63, 3.8) is 0 Å². The van der Waals surface area contributed by atoms with E-state index in [0.717, 1.165) is 33.1 Å². The molecule has 1 N–H and O–H groups in total. The number of anilines is 2. The van der Waals surface area contributed by atoms with Crippen LogP contribution in [-0.4, -0.2) is 25.8 Å². The van der Waals surface area contributed by atoms with Crippen molar-refractivity contribution in [3.05, 3.63) is 93.5 Å². The van der Waals surface area contributed by atoms with Crippen LogP contribution in [0, 0.1) is 30.9 Å². The Morgan fingerprint density at radius 2 is 1.53 bits per heavy atom. The Labute approximate surface area is 186 Å². The number of sulfonamides is 1. The molecule has 9 heteroatoms. The van der Waals surface area contributed by atoms with E-state index in [2.05, 4.69) is 5.32 Å². The normalized spacial score (nSPS) is 11.1. The molecule has 32 heavy (non-hydrogen) atoms. The van der Waals surface area contributed by atoms with Crippen LogP contribution in [0.1, 0.15) is 16.7 Å². The number of para-hydroxylation sites is 2. The van der Waals surface area contributed by atoms with Crippen molar-refractivity contribution in [2.75, 3.05) is 16.2 Å². The highest BCUT2D eigenvalue weighted by molar-refractivity contribution is 7.93. The van der Waals surface area contributed by atoms with Gasteiger partial charge < -0.3 is 5.32 Å². The molecule has 0 fully saturated rings. The molecule has 0 saturated carbocycles. The van der Waals surface area contributed by atoms with E-state index >= 15 is 0 Å². The van der Waals surface area contributed by atoms with E-state index in [9.17, 15) is 23.3 Å². The minimum Gasteiger partial charge on any atom is -0.324 e. The summed E-state index contributed by atoms with van der Waals surface area (Å²) in [6, 6.07) is 16.9. The van der Waals surface area contributed by atoms with Gasteiger partial charge in [0.15, 0.2) is 4.90 Å². The van der Waals surface area contributed by atoms with Gasteiger partial charge in [0.1, 0.15) is 6.54 Å². The molecule has 3 aromatic rings. The van der Waals surface area contributed by atoms with Gasteiger partial charge in [-0.05, 0) is 50.1 Å². The molecule has 0 heterocycles. The Morgan fingerprint density at radius 1 is 0.969 bits per heavy atom. The van der Waals surface area contributed by atoms with E-state index in [1.807, 2.05) is 32.9 Å². The lowest BCUT2D eigenvalue weighted by molar-refractivity contribution is -0.387. The quantitative estimate of drug-likeness (QED) is 0.422. The smallest absolute Gasteiger partial charge is 0.289 e. The topological polar surface area (TPSA) is 110 Å². The molecule has 0 radical (unpaired) electrons. The first kappa shape index (κ1) is 23.0. The average molecular weight is 454 g/mol. The number of nitro groups is 1. The summed E-state index contributed by atoms with van der Waals surface area (Å²) in [5.41, 5.74) is 3.02. The number of carbonyl (C=O) groups is 1. The van der Waals surface area contributed by atoms with Crippen LogP contribution in [0.2, 0.25) is 0 Å². The second kappa shape index (κ2) is 9.19. The summed E-state index contributed by atoms with van der Waals surface area (Å²) in [5.74, 6) is -0.564. The summed E-state index contributed by atoms with van der Waals surface area (Å²) in [4.78, 5) is 23.1. The highest BCUT2D eigenvalue weighted by atomic mass is 32.2. The maximum atomic E-state index is 13.5. The Hall–Kier alpha value is -3.72. The van der Waals surface area contributed by atoms with Crippen LogP contribution < -0.4 is 9.62 Å². The number of nitro benzene ring substituents is 1. The Bertz CT molecular complexity index is 1250. The van der Waals surface area contributed by atoms with Crippen LogP contribution in [0.4, 0.5) is 17.1 Å². The summed E-state index contributed by atoms with van der Waals surface area (Å²) < 4.78 is 27.8. The summed E-state index contributed by atoms with van der Waals surface area (Å²) in [7, 11) is -4.41. The number of hydrogen-bond acceptors (Lipinski definition) is 5. The fourth-order valence-corrected chi connectivity index (χ4v) is 5.12. The number of nitrogens with one attached hydrogen (secondary N) is 1. The monoisotopic (exact) mass is 453 g/mol. The fraction of sp³-hybridized carbons (Fsp3) is 0.174. The number of benzene rings is 3. The molecule has 3 rings (SSSR count). The number of carbonyl (C=O) groups excluding carboxylic acids is 1. The molecule has 0 spiro atoms. The largest absolute Gasteiger partial charge is 0.324 e. The van der Waals surface area contributed by atoms with Gasteiger partial charge in [-0.1, -0.05) is 48.0 Å². The lowest BCUT2D eigenvalue weighted by Crippen LogP contribution is -2.38. The van der Waals surface area contributed by atoms with Gasteiger partial charge in [0.05, 0.1) is 10.6 Å². The molecular weight excluding hydrogens is 430 g/mol. The van der Waals surface area contributed by atoms with Crippen LogP contribution in [0.15, 0.2) is 71.6 Å². The first-order chi connectivity index (χ1) is 15.1. The molecule has 0 atom stereocenters. The predicted molar refractivity (Wildman–Crippen MR) is 123 cm³/mol. The molecule has 0 aliphatic rings. The van der Waals surface area contributed by atoms with Crippen molar-refractivity contribution in [2.45, 2.75) is 25.7 Å². The molecule has 166 valence electrons. The number of amides is 1. The average Bonchev–Trinajstić information content (AvgIpc) is 2.75. The Balaban J connectivity index is 2.02. The Kier molecular flexibility index (Phi) is 6.59. The summed E-state index contributed by atoms with van der Waals surface area (Å²) in [6.07, 6.45) is 0. The van der Waals surface area contributed by atoms with Crippen molar-refractivity contribution in [2.24, 2.45) is 0 Å². The van der Waals surface area contributed by atoms with Gasteiger partial charge in [-0.3, -0.25) is 19.2 Å². The van der Waals surface area contributed by atoms with Gasteiger partial charge in [0.2, 0.25) is 5.91 Å². The molecule has 0 aliphatic carbocycles. The van der Waals surface area contributed by atoms with E-state index in [1.165, 1.54) is 24.3 Å². The van der Waals surface area contributed by atoms with Crippen LogP contribution >= 0.6 is 0 Å². The standard InChI is InChI=1S/C23H23N3O5S/c1-16-13-17(2)23(18(3)14-16)24-22(27)15-25(19-9-5-4-6-10-19)32(30,31)21-12-8-7-11-20(21)26(28)29/h4-14H,15H2,1-3H3,(H,24,27). The first-order valence-corrected chi connectivity index (χ1v) is 11.2. The summed E-state index contributed by atoms with van der Waals surface area (Å²) >= 11 is 0. The molecular formula is C23H23N3O5S. The zero-order chi connectivity index (χ0) is 23.5. The van der Waals surface area contributed by atoms with Gasteiger partial charge in [-0.15, -0.1) is 0 Å². The van der Waals surface area contributed by atoms with E-state index in [-0.39, 0.29) is 5.69 Å². The first-order valence-electron chi connectivity index (χ1n) is 9.80. The third-order valence-electron chi connectivity index (χ3n) is 4.90. The number of aryl methyl sites for hydroxylation is 3. The van der Waals surface area contributed by atoms with E-state index < -0.39 is 38.0 Å². The highest BCUT2D eigenvalue weighted by Crippen LogP contribution is 2.30. The van der Waals surface area contributed by atoms with Gasteiger partial charge >= 0.3 is 0 Å². The van der Waals surface area contributed by atoms with Gasteiger partial charge in [-0.25, -0.2) is 8.42 Å². The molecule has 1 amide bonds. The molecule has 0 bridgehead atoms. The van der Waals surface area contributed by atoms with Crippen LogP contribution in [0.3, 0.4) is 0 Å².